The van der Waals surface area contributed by atoms with Crippen LogP contribution in [0.4, 0.5) is 4.39 Å². The SMILES string of the molecule is CC(=O)C(C)(C)OCc1cc(-c2cccc(OC3CC3)c2)n(-c2ccccc2Br)n1.CC(=O)C(C)(C)OCc1cc(-c2cccc(OC3CC3)c2)n(-c2ccccc2F)n1.CCOc1cc(OCC)cc(-c2cc(COC(C)(C)C(C)=O)cn2-c2ccccc2Cl)c1.COc1cc(OC)cc(-c2cc(COC(C)(C)C(C)=O)nn2-c2ccccc2Cl)c1. The van der Waals surface area contributed by atoms with E-state index in [0.29, 0.717) is 64.5 Å². The highest BCUT2D eigenvalue weighted by Gasteiger charge is 2.31. The van der Waals surface area contributed by atoms with Crippen molar-refractivity contribution >= 4 is 62.3 Å². The fraction of sp³-hybridized carbons (Fsp3) is 0.330. The molecule has 14 rings (SSSR count). The maximum absolute atomic E-state index is 14.6. The van der Waals surface area contributed by atoms with Crippen LogP contribution in [0, 0.1) is 5.82 Å². The average molecular weight is 1760 g/mol. The molecule has 0 unspecified atom stereocenters. The van der Waals surface area contributed by atoms with Crippen LogP contribution in [-0.2, 0) is 64.6 Å². The van der Waals surface area contributed by atoms with Gasteiger partial charge in [0.25, 0.3) is 0 Å². The molecule has 640 valence electrons. The molecule has 4 heterocycles. The number of hydrogen-bond acceptors (Lipinski definition) is 17. The number of aromatic nitrogens is 7. The zero-order valence-corrected chi connectivity index (χ0v) is 74.9. The number of ether oxygens (including phenoxy) is 10. The van der Waals surface area contributed by atoms with E-state index in [0.717, 1.165) is 127 Å². The highest BCUT2D eigenvalue weighted by molar-refractivity contribution is 9.10. The zero-order valence-electron chi connectivity index (χ0n) is 71.8. The molecule has 8 aromatic carbocycles. The highest BCUT2D eigenvalue weighted by Crippen LogP contribution is 2.40. The third kappa shape index (κ3) is 24.2. The maximum atomic E-state index is 14.6. The van der Waals surface area contributed by atoms with Gasteiger partial charge in [-0.15, -0.1) is 0 Å². The first-order chi connectivity index (χ1) is 58.2. The van der Waals surface area contributed by atoms with Crippen LogP contribution in [0.3, 0.4) is 0 Å². The number of rotatable bonds is 34. The predicted molar refractivity (Wildman–Crippen MR) is 477 cm³/mol. The summed E-state index contributed by atoms with van der Waals surface area (Å²) in [6.45, 7) is 26.0. The Labute approximate surface area is 731 Å². The van der Waals surface area contributed by atoms with Crippen molar-refractivity contribution in [2.75, 3.05) is 27.4 Å². The van der Waals surface area contributed by atoms with Gasteiger partial charge in [0.1, 0.15) is 68.4 Å². The van der Waals surface area contributed by atoms with Gasteiger partial charge < -0.3 is 51.9 Å². The molecule has 2 aliphatic rings. The molecule has 0 amide bonds. The van der Waals surface area contributed by atoms with Crippen LogP contribution in [0.1, 0.15) is 145 Å². The summed E-state index contributed by atoms with van der Waals surface area (Å²) >= 11 is 16.6. The maximum Gasteiger partial charge on any atom is 0.161 e. The largest absolute Gasteiger partial charge is 0.497 e. The molecule has 0 atom stereocenters. The van der Waals surface area contributed by atoms with Gasteiger partial charge >= 0.3 is 0 Å². The summed E-state index contributed by atoms with van der Waals surface area (Å²) in [7, 11) is 3.21. The molecule has 4 aromatic heterocycles. The lowest BCUT2D eigenvalue weighted by Gasteiger charge is -2.21. The Bertz CT molecular complexity index is 5440. The Morgan fingerprint density at radius 3 is 1.16 bits per heavy atom. The van der Waals surface area contributed by atoms with Gasteiger partial charge in [-0.1, -0.05) is 96.0 Å². The Morgan fingerprint density at radius 2 is 0.754 bits per heavy atom. The number of carbonyl (C=O) groups is 4. The van der Waals surface area contributed by atoms with Crippen molar-refractivity contribution in [1.82, 2.24) is 33.9 Å². The highest BCUT2D eigenvalue weighted by atomic mass is 79.9. The monoisotopic (exact) mass is 1760 g/mol. The van der Waals surface area contributed by atoms with Crippen molar-refractivity contribution in [3.63, 3.8) is 0 Å². The average Bonchev–Trinajstić information content (AvgIpc) is 1.65. The van der Waals surface area contributed by atoms with E-state index < -0.39 is 22.4 Å². The lowest BCUT2D eigenvalue weighted by Crippen LogP contribution is -2.32. The normalized spacial score (nSPS) is 12.7. The van der Waals surface area contributed by atoms with E-state index in [1.165, 1.54) is 33.8 Å². The van der Waals surface area contributed by atoms with Crippen LogP contribution in [-0.4, -0.2) is 119 Å². The molecule has 25 heteroatoms. The van der Waals surface area contributed by atoms with Gasteiger partial charge in [0, 0.05) is 45.1 Å². The lowest BCUT2D eigenvalue weighted by molar-refractivity contribution is -0.140. The summed E-state index contributed by atoms with van der Waals surface area (Å²) in [4.78, 5) is 47.2. The van der Waals surface area contributed by atoms with Gasteiger partial charge in [-0.05, 0) is 265 Å². The first-order valence-electron chi connectivity index (χ1n) is 40.4. The van der Waals surface area contributed by atoms with Crippen LogP contribution in [0.15, 0.2) is 217 Å². The fourth-order valence-corrected chi connectivity index (χ4v) is 12.9. The molecule has 12 aromatic rings. The van der Waals surface area contributed by atoms with E-state index >= 15 is 0 Å². The molecule has 21 nitrogen and oxygen atoms in total. The van der Waals surface area contributed by atoms with Crippen molar-refractivity contribution in [3.05, 3.63) is 255 Å². The van der Waals surface area contributed by atoms with E-state index in [1.807, 2.05) is 205 Å². The van der Waals surface area contributed by atoms with Gasteiger partial charge in [-0.25, -0.2) is 18.4 Å². The number of benzene rings is 8. The van der Waals surface area contributed by atoms with Crippen LogP contribution < -0.4 is 28.4 Å². The van der Waals surface area contributed by atoms with E-state index in [-0.39, 0.29) is 54.9 Å². The van der Waals surface area contributed by atoms with Crippen LogP contribution in [0.25, 0.3) is 67.8 Å². The van der Waals surface area contributed by atoms with Crippen molar-refractivity contribution in [2.45, 2.75) is 184 Å². The molecule has 2 fully saturated rings. The van der Waals surface area contributed by atoms with Gasteiger partial charge in [-0.2, -0.15) is 15.3 Å². The summed E-state index contributed by atoms with van der Waals surface area (Å²) in [5, 5.41) is 15.3. The van der Waals surface area contributed by atoms with E-state index in [1.54, 1.807) is 103 Å². The topological polar surface area (TPSA) is 219 Å². The van der Waals surface area contributed by atoms with E-state index in [2.05, 4.69) is 21.0 Å². The fourth-order valence-electron chi connectivity index (χ4n) is 12.0. The van der Waals surface area contributed by atoms with E-state index in [9.17, 15) is 23.6 Å². The Balaban J connectivity index is 0.000000159. The van der Waals surface area contributed by atoms with Gasteiger partial charge in [-0.3, -0.25) is 19.2 Å². The number of carbonyl (C=O) groups excluding carboxylic acids is 4. The quantitative estimate of drug-likeness (QED) is 0.0366. The molecule has 0 spiro atoms. The van der Waals surface area contributed by atoms with Gasteiger partial charge in [0.2, 0.25) is 0 Å². The molecular weight excluding hydrogens is 1660 g/mol. The number of hydrogen-bond donors (Lipinski definition) is 0. The second-order valence-electron chi connectivity index (χ2n) is 31.5. The summed E-state index contributed by atoms with van der Waals surface area (Å²) in [6, 6.07) is 64.7. The number of methoxy groups -OCH3 is 2. The minimum Gasteiger partial charge on any atom is -0.497 e. The molecule has 0 N–H and O–H groups in total. The second-order valence-corrected chi connectivity index (χ2v) is 33.1. The Morgan fingerprint density at radius 1 is 0.402 bits per heavy atom. The van der Waals surface area contributed by atoms with Crippen LogP contribution >= 0.6 is 39.1 Å². The lowest BCUT2D eigenvalue weighted by atomic mass is 10.1. The standard InChI is InChI=1S/C26H30ClNO4.C24H25BrN2O3.C24H25FN2O3.C23H25ClN2O4/c1-6-30-21-13-20(14-22(15-21)31-7-2)25-12-19(17-32-26(4,5)18(3)29)16-28(25)24-11-9-8-10-23(24)27;2*1-16(28)24(2,3)29-15-18-14-23(27(26-18)22-10-5-4-9-21(22)25)17-7-6-8-20(13-17)30-19-11-12-19;1-15(27)23(2,3)30-14-17-12-22(16-10-18(28-4)13-19(11-16)29-5)26(25-17)21-9-7-6-8-20(21)24/h8-16H,6-7,17H2,1-5H3;2*4-10,13-14,19H,11-12,15H2,1-3H3;6-13H,14H2,1-5H3. The number of nitrogens with zero attached hydrogens (tertiary/aromatic N) is 7. The van der Waals surface area contributed by atoms with Crippen molar-refractivity contribution < 1.29 is 70.9 Å². The molecule has 0 aliphatic heterocycles. The Hall–Kier alpha value is -11.0. The molecule has 0 radical (unpaired) electrons. The number of halogens is 4. The third-order valence-electron chi connectivity index (χ3n) is 20.6. The minimum absolute atomic E-state index is 0.0158. The van der Waals surface area contributed by atoms with Gasteiger partial charge in [0.15, 0.2) is 23.1 Å². The Kier molecular flexibility index (Phi) is 30.7. The summed E-state index contributed by atoms with van der Waals surface area (Å²) in [6.07, 6.45) is 7.00. The third-order valence-corrected chi connectivity index (χ3v) is 21.9. The zero-order chi connectivity index (χ0) is 87.8. The molecule has 0 saturated heterocycles. The van der Waals surface area contributed by atoms with Crippen LogP contribution in [0.2, 0.25) is 10.0 Å². The number of Topliss-reactive ketones (excluding diaryl/α,β-unsaturated/α-hetero) is 4. The molecule has 122 heavy (non-hydrogen) atoms. The smallest absolute Gasteiger partial charge is 0.161 e. The first-order valence-corrected chi connectivity index (χ1v) is 42.0. The molecule has 0 bridgehead atoms. The summed E-state index contributed by atoms with van der Waals surface area (Å²) < 4.78 is 80.5. The van der Waals surface area contributed by atoms with Crippen LogP contribution in [0.5, 0.6) is 34.5 Å². The number of para-hydroxylation sites is 4. The number of ketones is 4. The van der Waals surface area contributed by atoms with Crippen molar-refractivity contribution in [1.29, 1.82) is 0 Å². The predicted octanol–water partition coefficient (Wildman–Crippen LogP) is 22.4. The molecule has 2 aliphatic carbocycles. The molecule has 2 saturated carbocycles. The van der Waals surface area contributed by atoms with E-state index in [4.69, 9.17) is 80.8 Å². The van der Waals surface area contributed by atoms with Crippen molar-refractivity contribution in [3.8, 4) is 102 Å². The summed E-state index contributed by atoms with van der Waals surface area (Å²) in [5.74, 6) is 3.91. The second kappa shape index (κ2) is 40.8. The molecular formula is C97H105BrCl2FN7O14. The minimum atomic E-state index is -0.917. The summed E-state index contributed by atoms with van der Waals surface area (Å²) in [5.41, 5.74) is 9.29. The van der Waals surface area contributed by atoms with Gasteiger partial charge in [0.05, 0.1) is 133 Å². The first kappa shape index (κ1) is 91.7. The van der Waals surface area contributed by atoms with Crippen molar-refractivity contribution in [2.24, 2.45) is 0 Å².